The van der Waals surface area contributed by atoms with E-state index in [1.807, 2.05) is 35.2 Å². The molecule has 222 valence electrons. The number of nitrogens with zero attached hydrogens (tertiary/aromatic N) is 1. The van der Waals surface area contributed by atoms with Gasteiger partial charge in [0.25, 0.3) is 0 Å². The summed E-state index contributed by atoms with van der Waals surface area (Å²) in [5.74, 6) is 1.23. The number of rotatable bonds is 8. The maximum absolute atomic E-state index is 13.5. The molecule has 3 aromatic carbocycles. The molecule has 1 saturated carbocycles. The van der Waals surface area contributed by atoms with Crippen LogP contribution < -0.4 is 15.4 Å². The number of ether oxygens (including phenoxy) is 1. The van der Waals surface area contributed by atoms with Gasteiger partial charge in [-0.05, 0) is 90.0 Å². The second-order valence-corrected chi connectivity index (χ2v) is 13.8. The Morgan fingerprint density at radius 3 is 2.43 bits per heavy atom. The van der Waals surface area contributed by atoms with Gasteiger partial charge in [0.15, 0.2) is 0 Å². The van der Waals surface area contributed by atoms with Crippen molar-refractivity contribution in [2.75, 3.05) is 13.7 Å². The number of hydrogen-bond acceptors (Lipinski definition) is 3. The average molecular weight is 568 g/mol. The Morgan fingerprint density at radius 1 is 0.952 bits per heavy atom. The summed E-state index contributed by atoms with van der Waals surface area (Å²) >= 11 is 0. The number of amides is 3. The molecule has 2 N–H and O–H groups in total. The number of hydrogen-bond donors (Lipinski definition) is 2. The Labute approximate surface area is 250 Å². The van der Waals surface area contributed by atoms with Crippen LogP contribution in [0, 0.1) is 11.3 Å². The minimum absolute atomic E-state index is 0.0200. The van der Waals surface area contributed by atoms with Gasteiger partial charge in [-0.3, -0.25) is 4.79 Å². The van der Waals surface area contributed by atoms with Crippen LogP contribution in [0.4, 0.5) is 4.79 Å². The molecule has 6 nitrogen and oxygen atoms in total. The fraction of sp³-hybridized carbons (Fsp3) is 0.444. The van der Waals surface area contributed by atoms with E-state index in [9.17, 15) is 9.59 Å². The van der Waals surface area contributed by atoms with Crippen molar-refractivity contribution in [2.24, 2.45) is 11.3 Å². The first kappa shape index (κ1) is 29.7. The lowest BCUT2D eigenvalue weighted by Gasteiger charge is -2.37. The molecular weight excluding hydrogens is 522 g/mol. The molecule has 1 heterocycles. The van der Waals surface area contributed by atoms with Gasteiger partial charge in [-0.1, -0.05) is 75.4 Å². The standard InChI is InChI=1S/C36H45N3O3/c1-35(2,3)23-36(4,5)38-34(41)39-18-17-29-28(25-13-10-14-27(19-25)42-6)16-15-26(32(29)22-39)21-37-33(40)31-20-30(31)24-11-8-7-9-12-24/h7-16,19,30-31H,17-18,20-23H2,1-6H3,(H,37,40)(H,38,41)/t30-,31+/m0/s1. The lowest BCUT2D eigenvalue weighted by molar-refractivity contribution is -0.122. The van der Waals surface area contributed by atoms with Gasteiger partial charge in [-0.25, -0.2) is 4.79 Å². The van der Waals surface area contributed by atoms with Gasteiger partial charge < -0.3 is 20.3 Å². The molecular formula is C36H45N3O3. The van der Waals surface area contributed by atoms with E-state index in [0.29, 0.717) is 25.6 Å². The molecule has 3 aromatic rings. The minimum Gasteiger partial charge on any atom is -0.497 e. The molecule has 1 aliphatic heterocycles. The second kappa shape index (κ2) is 11.8. The predicted molar refractivity (Wildman–Crippen MR) is 168 cm³/mol. The molecule has 6 heteroatoms. The summed E-state index contributed by atoms with van der Waals surface area (Å²) in [4.78, 5) is 28.6. The number of urea groups is 1. The maximum atomic E-state index is 13.5. The zero-order valence-electron chi connectivity index (χ0n) is 25.9. The van der Waals surface area contributed by atoms with Gasteiger partial charge in [-0.2, -0.15) is 0 Å². The Kier molecular flexibility index (Phi) is 8.36. The van der Waals surface area contributed by atoms with E-state index in [-0.39, 0.29) is 28.8 Å². The summed E-state index contributed by atoms with van der Waals surface area (Å²) in [6.45, 7) is 12.4. The fourth-order valence-corrected chi connectivity index (χ4v) is 6.75. The van der Waals surface area contributed by atoms with Crippen molar-refractivity contribution in [1.82, 2.24) is 15.5 Å². The highest BCUT2D eigenvalue weighted by molar-refractivity contribution is 5.83. The SMILES string of the molecule is COc1cccc(-c2ccc(CNC(=O)[C@@H]3C[C@H]3c3ccccc3)c3c2CCN(C(=O)NC(C)(C)CC(C)(C)C)C3)c1. The average Bonchev–Trinajstić information content (AvgIpc) is 3.75. The lowest BCUT2D eigenvalue weighted by Crippen LogP contribution is -2.52. The number of fused-ring (bicyclic) bond motifs is 1. The van der Waals surface area contributed by atoms with E-state index in [2.05, 4.69) is 81.7 Å². The van der Waals surface area contributed by atoms with E-state index < -0.39 is 0 Å². The van der Waals surface area contributed by atoms with Crippen molar-refractivity contribution >= 4 is 11.9 Å². The van der Waals surface area contributed by atoms with E-state index in [1.54, 1.807) is 7.11 Å². The van der Waals surface area contributed by atoms with Crippen LogP contribution in [0.25, 0.3) is 11.1 Å². The number of benzene rings is 3. The first-order chi connectivity index (χ1) is 19.9. The summed E-state index contributed by atoms with van der Waals surface area (Å²) in [6, 6.07) is 22.6. The highest BCUT2D eigenvalue weighted by atomic mass is 16.5. The zero-order chi connectivity index (χ0) is 30.1. The Hall–Kier alpha value is -3.80. The smallest absolute Gasteiger partial charge is 0.318 e. The maximum Gasteiger partial charge on any atom is 0.318 e. The van der Waals surface area contributed by atoms with E-state index in [0.717, 1.165) is 47.3 Å². The van der Waals surface area contributed by atoms with Crippen LogP contribution in [-0.2, 0) is 24.3 Å². The van der Waals surface area contributed by atoms with Crippen LogP contribution in [0.2, 0.25) is 0 Å². The lowest BCUT2D eigenvalue weighted by atomic mass is 9.82. The van der Waals surface area contributed by atoms with Crippen LogP contribution in [0.15, 0.2) is 66.7 Å². The molecule has 3 amide bonds. The van der Waals surface area contributed by atoms with Gasteiger partial charge in [0.2, 0.25) is 5.91 Å². The molecule has 0 bridgehead atoms. The Balaban J connectivity index is 1.37. The Morgan fingerprint density at radius 2 is 1.71 bits per heavy atom. The number of methoxy groups -OCH3 is 1. The van der Waals surface area contributed by atoms with Crippen molar-refractivity contribution in [1.29, 1.82) is 0 Å². The molecule has 0 spiro atoms. The summed E-state index contributed by atoms with van der Waals surface area (Å²) < 4.78 is 5.50. The zero-order valence-corrected chi connectivity index (χ0v) is 25.9. The van der Waals surface area contributed by atoms with E-state index in [1.165, 1.54) is 11.1 Å². The molecule has 0 saturated heterocycles. The first-order valence-corrected chi connectivity index (χ1v) is 15.1. The third-order valence-electron chi connectivity index (χ3n) is 8.40. The number of nitrogens with one attached hydrogen (secondary N) is 2. The molecule has 5 rings (SSSR count). The topological polar surface area (TPSA) is 70.7 Å². The van der Waals surface area contributed by atoms with Gasteiger partial charge >= 0.3 is 6.03 Å². The quantitative estimate of drug-likeness (QED) is 0.306. The molecule has 2 aliphatic rings. The van der Waals surface area contributed by atoms with Gasteiger partial charge in [-0.15, -0.1) is 0 Å². The van der Waals surface area contributed by atoms with Gasteiger partial charge in [0, 0.05) is 31.1 Å². The molecule has 0 unspecified atom stereocenters. The van der Waals surface area contributed by atoms with Crippen molar-refractivity contribution in [3.8, 4) is 16.9 Å². The molecule has 0 radical (unpaired) electrons. The normalized spacial score (nSPS) is 18.2. The van der Waals surface area contributed by atoms with E-state index >= 15 is 0 Å². The third-order valence-corrected chi connectivity index (χ3v) is 8.40. The molecule has 0 aromatic heterocycles. The summed E-state index contributed by atoms with van der Waals surface area (Å²) in [5, 5.41) is 6.51. The number of carbonyl (C=O) groups is 2. The van der Waals surface area contributed by atoms with Crippen LogP contribution >= 0.6 is 0 Å². The van der Waals surface area contributed by atoms with Crippen molar-refractivity contribution in [3.63, 3.8) is 0 Å². The van der Waals surface area contributed by atoms with Gasteiger partial charge in [0.1, 0.15) is 5.75 Å². The van der Waals surface area contributed by atoms with Crippen LogP contribution in [0.5, 0.6) is 5.75 Å². The first-order valence-electron chi connectivity index (χ1n) is 15.1. The largest absolute Gasteiger partial charge is 0.497 e. The van der Waals surface area contributed by atoms with Crippen molar-refractivity contribution in [3.05, 3.63) is 89.0 Å². The summed E-state index contributed by atoms with van der Waals surface area (Å²) in [7, 11) is 1.68. The van der Waals surface area contributed by atoms with Crippen LogP contribution in [0.1, 0.15) is 75.6 Å². The van der Waals surface area contributed by atoms with Crippen molar-refractivity contribution < 1.29 is 14.3 Å². The third kappa shape index (κ3) is 6.97. The van der Waals surface area contributed by atoms with Crippen LogP contribution in [0.3, 0.4) is 0 Å². The molecule has 1 fully saturated rings. The second-order valence-electron chi connectivity index (χ2n) is 13.8. The minimum atomic E-state index is -0.325. The summed E-state index contributed by atoms with van der Waals surface area (Å²) in [5.41, 5.74) is 6.68. The highest BCUT2D eigenvalue weighted by Gasteiger charge is 2.43. The predicted octanol–water partition coefficient (Wildman–Crippen LogP) is 7.06. The molecule has 42 heavy (non-hydrogen) atoms. The van der Waals surface area contributed by atoms with Gasteiger partial charge in [0.05, 0.1) is 7.11 Å². The number of carbonyl (C=O) groups excluding carboxylic acids is 2. The van der Waals surface area contributed by atoms with Crippen LogP contribution in [-0.4, -0.2) is 36.0 Å². The summed E-state index contributed by atoms with van der Waals surface area (Å²) in [6.07, 6.45) is 2.51. The highest BCUT2D eigenvalue weighted by Crippen LogP contribution is 2.47. The Bertz CT molecular complexity index is 1440. The molecule has 1 aliphatic carbocycles. The molecule has 2 atom stereocenters. The van der Waals surface area contributed by atoms with Crippen molar-refractivity contribution in [2.45, 2.75) is 78.4 Å². The van der Waals surface area contributed by atoms with E-state index in [4.69, 9.17) is 4.74 Å². The monoisotopic (exact) mass is 567 g/mol. The fourth-order valence-electron chi connectivity index (χ4n) is 6.75.